The average Bonchev–Trinajstić information content (AvgIpc) is 3.19. The number of amides is 1. The van der Waals surface area contributed by atoms with E-state index >= 15 is 0 Å². The number of likely N-dealkylation sites (N-methyl/N-ethyl adjacent to an activating group) is 1. The Morgan fingerprint density at radius 1 is 1.20 bits per heavy atom. The fourth-order valence-electron chi connectivity index (χ4n) is 4.00. The molecule has 8 heteroatoms. The number of ether oxygens (including phenoxy) is 1. The molecule has 2 aromatic rings. The maximum atomic E-state index is 12.9. The van der Waals surface area contributed by atoms with E-state index in [9.17, 15) is 13.2 Å². The van der Waals surface area contributed by atoms with Crippen molar-refractivity contribution in [3.05, 3.63) is 36.4 Å². The highest BCUT2D eigenvalue weighted by Crippen LogP contribution is 2.31. The second-order valence-corrected chi connectivity index (χ2v) is 9.45. The molecule has 0 saturated carbocycles. The summed E-state index contributed by atoms with van der Waals surface area (Å²) in [5.74, 6) is 0.798. The molecule has 3 rings (SSSR count). The zero-order valence-electron chi connectivity index (χ0n) is 17.9. The number of benzene rings is 2. The lowest BCUT2D eigenvalue weighted by atomic mass is 10.1. The Labute approximate surface area is 179 Å². The van der Waals surface area contributed by atoms with E-state index in [1.165, 1.54) is 0 Å². The minimum atomic E-state index is -3.66. The van der Waals surface area contributed by atoms with Crippen LogP contribution in [0.25, 0.3) is 10.8 Å². The molecule has 164 valence electrons. The zero-order valence-corrected chi connectivity index (χ0v) is 18.7. The third-order valence-electron chi connectivity index (χ3n) is 5.44. The smallest absolute Gasteiger partial charge is 0.241 e. The Morgan fingerprint density at radius 3 is 2.63 bits per heavy atom. The summed E-state index contributed by atoms with van der Waals surface area (Å²) in [5, 5.41) is 1.43. The summed E-state index contributed by atoms with van der Waals surface area (Å²) in [4.78, 5) is 16.3. The zero-order chi connectivity index (χ0) is 21.7. The SMILES string of the molecule is CCOc1ccc(S(=O)(=O)NCCCN2CCCC2C(=O)N(C)C)c2ccccc12. The topological polar surface area (TPSA) is 79.0 Å². The summed E-state index contributed by atoms with van der Waals surface area (Å²) >= 11 is 0. The van der Waals surface area contributed by atoms with Crippen molar-refractivity contribution in [3.8, 4) is 5.75 Å². The number of sulfonamides is 1. The molecule has 7 nitrogen and oxygen atoms in total. The molecule has 1 saturated heterocycles. The van der Waals surface area contributed by atoms with Crippen molar-refractivity contribution < 1.29 is 17.9 Å². The van der Waals surface area contributed by atoms with Gasteiger partial charge >= 0.3 is 0 Å². The summed E-state index contributed by atoms with van der Waals surface area (Å²) in [5.41, 5.74) is 0. The minimum Gasteiger partial charge on any atom is -0.493 e. The molecule has 2 aromatic carbocycles. The molecule has 1 aliphatic heterocycles. The summed E-state index contributed by atoms with van der Waals surface area (Å²) < 4.78 is 34.2. The number of hydrogen-bond donors (Lipinski definition) is 1. The number of rotatable bonds is 9. The van der Waals surface area contributed by atoms with Crippen LogP contribution >= 0.6 is 0 Å². The van der Waals surface area contributed by atoms with Crippen LogP contribution in [0.2, 0.25) is 0 Å². The molecule has 1 heterocycles. The Hall–Kier alpha value is -2.16. The van der Waals surface area contributed by atoms with Crippen molar-refractivity contribution in [2.45, 2.75) is 37.1 Å². The molecule has 0 aromatic heterocycles. The van der Waals surface area contributed by atoms with Gasteiger partial charge in [0.15, 0.2) is 0 Å². The molecule has 30 heavy (non-hydrogen) atoms. The van der Waals surface area contributed by atoms with Gasteiger partial charge in [0.2, 0.25) is 15.9 Å². The maximum Gasteiger partial charge on any atom is 0.241 e. The van der Waals surface area contributed by atoms with Crippen molar-refractivity contribution in [3.63, 3.8) is 0 Å². The first-order valence-corrected chi connectivity index (χ1v) is 11.9. The van der Waals surface area contributed by atoms with Crippen LogP contribution < -0.4 is 9.46 Å². The van der Waals surface area contributed by atoms with Crippen molar-refractivity contribution in [1.82, 2.24) is 14.5 Å². The lowest BCUT2D eigenvalue weighted by molar-refractivity contribution is -0.133. The van der Waals surface area contributed by atoms with Gasteiger partial charge in [0.25, 0.3) is 0 Å². The first kappa shape index (κ1) is 22.5. The van der Waals surface area contributed by atoms with Crippen LogP contribution in [0.1, 0.15) is 26.2 Å². The summed E-state index contributed by atoms with van der Waals surface area (Å²) in [7, 11) is -0.113. The van der Waals surface area contributed by atoms with Crippen molar-refractivity contribution in [2.75, 3.05) is 40.3 Å². The van der Waals surface area contributed by atoms with Gasteiger partial charge in [-0.2, -0.15) is 0 Å². The van der Waals surface area contributed by atoms with Crippen LogP contribution in [0, 0.1) is 0 Å². The number of likely N-dealkylation sites (tertiary alicyclic amines) is 1. The number of carbonyl (C=O) groups excluding carboxylic acids is 1. The van der Waals surface area contributed by atoms with Gasteiger partial charge in [-0.15, -0.1) is 0 Å². The largest absolute Gasteiger partial charge is 0.493 e. The van der Waals surface area contributed by atoms with E-state index in [2.05, 4.69) is 9.62 Å². The van der Waals surface area contributed by atoms with Crippen LogP contribution in [-0.2, 0) is 14.8 Å². The highest BCUT2D eigenvalue weighted by Gasteiger charge is 2.31. The lowest BCUT2D eigenvalue weighted by Gasteiger charge is -2.26. The number of carbonyl (C=O) groups is 1. The molecule has 0 aliphatic carbocycles. The fraction of sp³-hybridized carbons (Fsp3) is 0.500. The van der Waals surface area contributed by atoms with Gasteiger partial charge < -0.3 is 9.64 Å². The molecule has 1 atom stereocenters. The first-order valence-electron chi connectivity index (χ1n) is 10.4. The molecule has 0 radical (unpaired) electrons. The highest BCUT2D eigenvalue weighted by atomic mass is 32.2. The lowest BCUT2D eigenvalue weighted by Crippen LogP contribution is -2.43. The molecule has 0 spiro atoms. The first-order chi connectivity index (χ1) is 14.3. The number of hydrogen-bond acceptors (Lipinski definition) is 5. The van der Waals surface area contributed by atoms with Crippen LogP contribution in [-0.4, -0.2) is 70.5 Å². The van der Waals surface area contributed by atoms with Crippen LogP contribution in [0.3, 0.4) is 0 Å². The van der Waals surface area contributed by atoms with Gasteiger partial charge in [0.1, 0.15) is 5.75 Å². The Morgan fingerprint density at radius 2 is 1.93 bits per heavy atom. The van der Waals surface area contributed by atoms with E-state index < -0.39 is 10.0 Å². The number of nitrogens with zero attached hydrogens (tertiary/aromatic N) is 2. The summed E-state index contributed by atoms with van der Waals surface area (Å²) in [6.45, 7) is 4.31. The predicted octanol–water partition coefficient (Wildman–Crippen LogP) is 2.46. The van der Waals surface area contributed by atoms with Crippen LogP contribution in [0.4, 0.5) is 0 Å². The molecular weight excluding hydrogens is 402 g/mol. The molecular formula is C22H31N3O4S. The second-order valence-electron chi connectivity index (χ2n) is 7.72. The third kappa shape index (κ3) is 4.94. The maximum absolute atomic E-state index is 12.9. The van der Waals surface area contributed by atoms with Gasteiger partial charge in [0, 0.05) is 38.0 Å². The molecule has 1 aliphatic rings. The van der Waals surface area contributed by atoms with Crippen LogP contribution in [0.5, 0.6) is 5.75 Å². The summed E-state index contributed by atoms with van der Waals surface area (Å²) in [6.07, 6.45) is 2.50. The molecule has 1 N–H and O–H groups in total. The quantitative estimate of drug-likeness (QED) is 0.615. The normalized spacial score (nSPS) is 17.4. The van der Waals surface area contributed by atoms with E-state index in [0.29, 0.717) is 37.3 Å². The van der Waals surface area contributed by atoms with Gasteiger partial charge in [-0.05, 0) is 44.9 Å². The Balaban J connectivity index is 1.65. The van der Waals surface area contributed by atoms with Gasteiger partial charge in [0.05, 0.1) is 17.5 Å². The molecule has 0 bridgehead atoms. The molecule has 1 amide bonds. The fourth-order valence-corrected chi connectivity index (χ4v) is 5.28. The number of nitrogens with one attached hydrogen (secondary N) is 1. The van der Waals surface area contributed by atoms with E-state index in [1.807, 2.05) is 25.1 Å². The Bertz CT molecular complexity index is 991. The third-order valence-corrected chi connectivity index (χ3v) is 6.96. The van der Waals surface area contributed by atoms with E-state index in [1.54, 1.807) is 37.2 Å². The van der Waals surface area contributed by atoms with Gasteiger partial charge in [-0.25, -0.2) is 13.1 Å². The predicted molar refractivity (Wildman–Crippen MR) is 118 cm³/mol. The van der Waals surface area contributed by atoms with Crippen LogP contribution in [0.15, 0.2) is 41.3 Å². The minimum absolute atomic E-state index is 0.0911. The Kier molecular flexibility index (Phi) is 7.33. The van der Waals surface area contributed by atoms with Crippen molar-refractivity contribution in [1.29, 1.82) is 0 Å². The highest BCUT2D eigenvalue weighted by molar-refractivity contribution is 7.89. The van der Waals surface area contributed by atoms with Crippen molar-refractivity contribution >= 4 is 26.7 Å². The van der Waals surface area contributed by atoms with E-state index in [-0.39, 0.29) is 16.8 Å². The second kappa shape index (κ2) is 9.76. The van der Waals surface area contributed by atoms with E-state index in [4.69, 9.17) is 4.74 Å². The number of fused-ring (bicyclic) bond motifs is 1. The van der Waals surface area contributed by atoms with Gasteiger partial charge in [-0.1, -0.05) is 24.3 Å². The standard InChI is InChI=1S/C22H31N3O4S/c1-4-29-20-12-13-21(18-10-6-5-9-17(18)20)30(27,28)23-14-8-16-25-15-7-11-19(25)22(26)24(2)3/h5-6,9-10,12-13,19,23H,4,7-8,11,14-16H2,1-3H3. The van der Waals surface area contributed by atoms with Gasteiger partial charge in [-0.3, -0.25) is 9.69 Å². The average molecular weight is 434 g/mol. The summed E-state index contributed by atoms with van der Waals surface area (Å²) in [6, 6.07) is 10.6. The molecule has 1 unspecified atom stereocenters. The van der Waals surface area contributed by atoms with E-state index in [0.717, 1.165) is 24.8 Å². The van der Waals surface area contributed by atoms with Crippen molar-refractivity contribution in [2.24, 2.45) is 0 Å². The molecule has 1 fully saturated rings. The monoisotopic (exact) mass is 433 g/mol.